The smallest absolute Gasteiger partial charge is 0.262 e. The first-order valence-corrected chi connectivity index (χ1v) is 7.78. The Balaban J connectivity index is 1.70. The molecular weight excluding hydrogens is 317 g/mol. The van der Waals surface area contributed by atoms with Gasteiger partial charge < -0.3 is 4.52 Å². The first kappa shape index (κ1) is 15.4. The lowest BCUT2D eigenvalue weighted by molar-refractivity contribution is 0.102. The zero-order valence-electron chi connectivity index (χ0n) is 12.6. The molecule has 0 aliphatic rings. The van der Waals surface area contributed by atoms with Gasteiger partial charge in [0, 0.05) is 17.5 Å². The van der Waals surface area contributed by atoms with Crippen molar-refractivity contribution in [3.8, 4) is 0 Å². The number of hydrogen-bond donors (Lipinski definition) is 1. The third-order valence-electron chi connectivity index (χ3n) is 3.33. The van der Waals surface area contributed by atoms with Crippen LogP contribution in [0.2, 0.25) is 0 Å². The van der Waals surface area contributed by atoms with Crippen molar-refractivity contribution in [1.29, 1.82) is 0 Å². The Kier molecular flexibility index (Phi) is 4.20. The molecule has 3 rings (SSSR count). The lowest BCUT2D eigenvalue weighted by atomic mass is 10.1. The van der Waals surface area contributed by atoms with E-state index in [0.717, 1.165) is 10.4 Å². The molecule has 0 aliphatic heterocycles. The third-order valence-corrected chi connectivity index (χ3v) is 4.24. The lowest BCUT2D eigenvalue weighted by Crippen LogP contribution is -2.13. The maximum Gasteiger partial charge on any atom is 0.262 e. The summed E-state index contributed by atoms with van der Waals surface area (Å²) in [7, 11) is 0. The van der Waals surface area contributed by atoms with Gasteiger partial charge >= 0.3 is 0 Å². The van der Waals surface area contributed by atoms with E-state index in [2.05, 4.69) is 15.5 Å². The van der Waals surface area contributed by atoms with Crippen LogP contribution in [0.25, 0.3) is 0 Å². The summed E-state index contributed by atoms with van der Waals surface area (Å²) in [5.74, 6) is -0.0718. The summed E-state index contributed by atoms with van der Waals surface area (Å²) in [6.45, 7) is 3.41. The van der Waals surface area contributed by atoms with Crippen LogP contribution in [-0.4, -0.2) is 16.0 Å². The number of nitrogens with zero attached hydrogens (tertiary/aromatic N) is 2. The standard InChI is InChI=1S/C16H14FN3O2S/c1-9-14(10(2)22-20-9)15(21)19-16-18-8-13(23-16)7-11-3-5-12(17)6-4-11/h3-6,8H,7H2,1-2H3,(H,18,19,21). The van der Waals surface area contributed by atoms with Crippen molar-refractivity contribution in [3.05, 3.63) is 63.7 Å². The number of hydrogen-bond acceptors (Lipinski definition) is 5. The van der Waals surface area contributed by atoms with Gasteiger partial charge in [-0.3, -0.25) is 10.1 Å². The fourth-order valence-corrected chi connectivity index (χ4v) is 3.06. The number of amides is 1. The summed E-state index contributed by atoms with van der Waals surface area (Å²) in [6.07, 6.45) is 2.34. The molecule has 0 bridgehead atoms. The Morgan fingerprint density at radius 1 is 1.30 bits per heavy atom. The molecule has 0 spiro atoms. The Labute approximate surface area is 136 Å². The van der Waals surface area contributed by atoms with Crippen molar-refractivity contribution in [1.82, 2.24) is 10.1 Å². The van der Waals surface area contributed by atoms with Crippen LogP contribution in [-0.2, 0) is 6.42 Å². The number of carbonyl (C=O) groups excluding carboxylic acids is 1. The van der Waals surface area contributed by atoms with Crippen LogP contribution in [0, 0.1) is 19.7 Å². The number of thiazole rings is 1. The minimum Gasteiger partial charge on any atom is -0.361 e. The highest BCUT2D eigenvalue weighted by Crippen LogP contribution is 2.23. The van der Waals surface area contributed by atoms with E-state index in [1.165, 1.54) is 23.5 Å². The summed E-state index contributed by atoms with van der Waals surface area (Å²) in [5, 5.41) is 7.02. The van der Waals surface area contributed by atoms with Crippen LogP contribution in [0.5, 0.6) is 0 Å². The number of aromatic nitrogens is 2. The summed E-state index contributed by atoms with van der Waals surface area (Å²) < 4.78 is 17.9. The zero-order valence-corrected chi connectivity index (χ0v) is 13.4. The van der Waals surface area contributed by atoms with E-state index in [9.17, 15) is 9.18 Å². The van der Waals surface area contributed by atoms with E-state index in [1.54, 1.807) is 32.2 Å². The average Bonchev–Trinajstić information content (AvgIpc) is 3.08. The number of anilines is 1. The number of benzene rings is 1. The van der Waals surface area contributed by atoms with Gasteiger partial charge in [-0.25, -0.2) is 9.37 Å². The number of rotatable bonds is 4. The molecule has 0 radical (unpaired) electrons. The van der Waals surface area contributed by atoms with Crippen molar-refractivity contribution < 1.29 is 13.7 Å². The van der Waals surface area contributed by atoms with Crippen molar-refractivity contribution >= 4 is 22.4 Å². The second kappa shape index (κ2) is 6.29. The molecule has 5 nitrogen and oxygen atoms in total. The molecule has 7 heteroatoms. The fraction of sp³-hybridized carbons (Fsp3) is 0.188. The molecule has 23 heavy (non-hydrogen) atoms. The Morgan fingerprint density at radius 3 is 2.70 bits per heavy atom. The summed E-state index contributed by atoms with van der Waals surface area (Å²) >= 11 is 1.38. The summed E-state index contributed by atoms with van der Waals surface area (Å²) in [5.41, 5.74) is 1.96. The van der Waals surface area contributed by atoms with Crippen LogP contribution < -0.4 is 5.32 Å². The number of carbonyl (C=O) groups is 1. The molecule has 118 valence electrons. The van der Waals surface area contributed by atoms with Gasteiger partial charge in [0.2, 0.25) is 0 Å². The van der Waals surface area contributed by atoms with E-state index in [1.807, 2.05) is 0 Å². The topological polar surface area (TPSA) is 68.0 Å². The van der Waals surface area contributed by atoms with Crippen LogP contribution in [0.3, 0.4) is 0 Å². The highest BCUT2D eigenvalue weighted by molar-refractivity contribution is 7.15. The molecule has 0 fully saturated rings. The average molecular weight is 331 g/mol. The van der Waals surface area contributed by atoms with Crippen molar-refractivity contribution in [2.75, 3.05) is 5.32 Å². The first-order valence-electron chi connectivity index (χ1n) is 6.96. The third kappa shape index (κ3) is 3.45. The van der Waals surface area contributed by atoms with Crippen LogP contribution >= 0.6 is 11.3 Å². The van der Waals surface area contributed by atoms with E-state index in [4.69, 9.17) is 4.52 Å². The maximum absolute atomic E-state index is 12.9. The predicted molar refractivity (Wildman–Crippen MR) is 85.3 cm³/mol. The normalized spacial score (nSPS) is 10.7. The van der Waals surface area contributed by atoms with Crippen LogP contribution in [0.1, 0.15) is 32.3 Å². The van der Waals surface area contributed by atoms with Gasteiger partial charge in [-0.2, -0.15) is 0 Å². The van der Waals surface area contributed by atoms with Gasteiger partial charge in [0.15, 0.2) is 5.13 Å². The van der Waals surface area contributed by atoms with E-state index in [0.29, 0.717) is 28.6 Å². The van der Waals surface area contributed by atoms with E-state index >= 15 is 0 Å². The molecule has 1 aromatic carbocycles. The Hall–Kier alpha value is -2.54. The highest BCUT2D eigenvalue weighted by Gasteiger charge is 2.18. The highest BCUT2D eigenvalue weighted by atomic mass is 32.1. The Bertz CT molecular complexity index is 820. The molecule has 3 aromatic rings. The summed E-state index contributed by atoms with van der Waals surface area (Å²) in [4.78, 5) is 17.4. The first-order chi connectivity index (χ1) is 11.0. The molecule has 1 N–H and O–H groups in total. The van der Waals surface area contributed by atoms with Gasteiger partial charge in [-0.05, 0) is 31.5 Å². The lowest BCUT2D eigenvalue weighted by Gasteiger charge is -2.00. The summed E-state index contributed by atoms with van der Waals surface area (Å²) in [6, 6.07) is 6.32. The van der Waals surface area contributed by atoms with Gasteiger partial charge in [-0.1, -0.05) is 17.3 Å². The quantitative estimate of drug-likeness (QED) is 0.791. The van der Waals surface area contributed by atoms with Crippen LogP contribution in [0.4, 0.5) is 9.52 Å². The van der Waals surface area contributed by atoms with Gasteiger partial charge in [0.25, 0.3) is 5.91 Å². The second-order valence-electron chi connectivity index (χ2n) is 5.09. The number of aryl methyl sites for hydroxylation is 2. The van der Waals surface area contributed by atoms with Gasteiger partial charge in [0.1, 0.15) is 17.1 Å². The second-order valence-corrected chi connectivity index (χ2v) is 6.20. The van der Waals surface area contributed by atoms with Crippen molar-refractivity contribution in [2.24, 2.45) is 0 Å². The molecule has 2 heterocycles. The Morgan fingerprint density at radius 2 is 2.04 bits per heavy atom. The molecule has 2 aromatic heterocycles. The van der Waals surface area contributed by atoms with E-state index < -0.39 is 0 Å². The molecular formula is C16H14FN3O2S. The zero-order chi connectivity index (χ0) is 16.4. The minimum absolute atomic E-state index is 0.259. The predicted octanol–water partition coefficient (Wildman–Crippen LogP) is 3.73. The van der Waals surface area contributed by atoms with Gasteiger partial charge in [-0.15, -0.1) is 11.3 Å². The van der Waals surface area contributed by atoms with Gasteiger partial charge in [0.05, 0.1) is 5.69 Å². The maximum atomic E-state index is 12.9. The monoisotopic (exact) mass is 331 g/mol. The number of nitrogens with one attached hydrogen (secondary N) is 1. The molecule has 0 saturated carbocycles. The molecule has 0 saturated heterocycles. The van der Waals surface area contributed by atoms with Crippen LogP contribution in [0.15, 0.2) is 35.0 Å². The number of halogens is 1. The van der Waals surface area contributed by atoms with E-state index in [-0.39, 0.29) is 11.7 Å². The molecule has 0 unspecified atom stereocenters. The minimum atomic E-state index is -0.288. The largest absolute Gasteiger partial charge is 0.361 e. The molecule has 1 amide bonds. The van der Waals surface area contributed by atoms with Crippen molar-refractivity contribution in [2.45, 2.75) is 20.3 Å². The fourth-order valence-electron chi connectivity index (χ4n) is 2.22. The van der Waals surface area contributed by atoms with Crippen molar-refractivity contribution in [3.63, 3.8) is 0 Å². The molecule has 0 aliphatic carbocycles. The SMILES string of the molecule is Cc1noc(C)c1C(=O)Nc1ncc(Cc2ccc(F)cc2)s1. The molecule has 0 atom stereocenters.